The average molecular weight is 130 g/mol. The lowest BCUT2D eigenvalue weighted by atomic mass is 10.1. The molecule has 56 valence electrons. The average Bonchev–Trinajstić information content (AvgIpc) is 1.62. The molecule has 0 aliphatic rings. The number of rotatable bonds is 3. The predicted molar refractivity (Wildman–Crippen MR) is 42.4 cm³/mol. The fraction of sp³-hybridized carbons (Fsp3) is 1.00. The van der Waals surface area contributed by atoms with Crippen LogP contribution in [0.5, 0.6) is 0 Å². The summed E-state index contributed by atoms with van der Waals surface area (Å²) < 4.78 is 1.09. The van der Waals surface area contributed by atoms with E-state index in [4.69, 9.17) is 0 Å². The summed E-state index contributed by atoms with van der Waals surface area (Å²) in [6, 6.07) is 0. The highest BCUT2D eigenvalue weighted by atomic mass is 15.3. The van der Waals surface area contributed by atoms with Crippen molar-refractivity contribution in [3.8, 4) is 0 Å². The summed E-state index contributed by atoms with van der Waals surface area (Å²) >= 11 is 0. The van der Waals surface area contributed by atoms with Crippen molar-refractivity contribution in [3.05, 3.63) is 0 Å². The molecule has 0 radical (unpaired) electrons. The second kappa shape index (κ2) is 3.21. The first-order chi connectivity index (χ1) is 3.95. The molecule has 1 heteroatoms. The van der Waals surface area contributed by atoms with E-state index in [-0.39, 0.29) is 0 Å². The highest BCUT2D eigenvalue weighted by Crippen LogP contribution is 2.04. The van der Waals surface area contributed by atoms with Crippen molar-refractivity contribution in [2.45, 2.75) is 20.3 Å². The summed E-state index contributed by atoms with van der Waals surface area (Å²) in [5.41, 5.74) is 0. The van der Waals surface area contributed by atoms with Crippen molar-refractivity contribution in [2.24, 2.45) is 5.92 Å². The lowest BCUT2D eigenvalue weighted by molar-refractivity contribution is -0.873. The van der Waals surface area contributed by atoms with Crippen LogP contribution in [0, 0.1) is 5.92 Å². The molecule has 0 N–H and O–H groups in total. The van der Waals surface area contributed by atoms with Crippen LogP contribution in [0.2, 0.25) is 0 Å². The molecule has 0 saturated carbocycles. The third-order valence-electron chi connectivity index (χ3n) is 1.56. The zero-order valence-electron chi connectivity index (χ0n) is 7.44. The Bertz CT molecular complexity index is 71.1. The third-order valence-corrected chi connectivity index (χ3v) is 1.56. The summed E-state index contributed by atoms with van der Waals surface area (Å²) in [6.45, 7) is 5.85. The van der Waals surface area contributed by atoms with Crippen molar-refractivity contribution in [1.82, 2.24) is 0 Å². The molecule has 0 aromatic rings. The Kier molecular flexibility index (Phi) is 3.20. The maximum atomic E-state index is 2.31. The molecule has 1 nitrogen and oxygen atoms in total. The molecule has 9 heavy (non-hydrogen) atoms. The normalized spacial score (nSPS) is 15.7. The third kappa shape index (κ3) is 5.84. The monoisotopic (exact) mass is 130 g/mol. The Morgan fingerprint density at radius 2 is 1.67 bits per heavy atom. The lowest BCUT2D eigenvalue weighted by Crippen LogP contribution is -2.38. The van der Waals surface area contributed by atoms with Crippen LogP contribution in [0.15, 0.2) is 0 Å². The van der Waals surface area contributed by atoms with Gasteiger partial charge in [-0.15, -0.1) is 0 Å². The fourth-order valence-corrected chi connectivity index (χ4v) is 1.06. The van der Waals surface area contributed by atoms with E-state index in [1.165, 1.54) is 13.0 Å². The molecule has 1 atom stereocenters. The second-order valence-corrected chi connectivity index (χ2v) is 3.99. The molecule has 0 aliphatic carbocycles. The van der Waals surface area contributed by atoms with Gasteiger partial charge in [-0.2, -0.15) is 0 Å². The van der Waals surface area contributed by atoms with Crippen LogP contribution >= 0.6 is 0 Å². The number of hydrogen-bond donors (Lipinski definition) is 0. The summed E-state index contributed by atoms with van der Waals surface area (Å²) in [7, 11) is 6.73. The lowest BCUT2D eigenvalue weighted by Gasteiger charge is -2.26. The van der Waals surface area contributed by atoms with Crippen molar-refractivity contribution < 1.29 is 4.48 Å². The van der Waals surface area contributed by atoms with Crippen LogP contribution in [-0.4, -0.2) is 32.2 Å². The summed E-state index contributed by atoms with van der Waals surface area (Å²) in [6.07, 6.45) is 1.30. The summed E-state index contributed by atoms with van der Waals surface area (Å²) in [4.78, 5) is 0. The van der Waals surface area contributed by atoms with Gasteiger partial charge in [0.1, 0.15) is 0 Å². The van der Waals surface area contributed by atoms with E-state index >= 15 is 0 Å². The molecule has 0 spiro atoms. The molecule has 0 amide bonds. The molecule has 0 saturated heterocycles. The van der Waals surface area contributed by atoms with Gasteiger partial charge in [-0.25, -0.2) is 0 Å². The van der Waals surface area contributed by atoms with Gasteiger partial charge in [0, 0.05) is 5.92 Å². The molecular formula is C8H20N+. The van der Waals surface area contributed by atoms with Crippen molar-refractivity contribution in [3.63, 3.8) is 0 Å². The molecule has 0 bridgehead atoms. The number of quaternary nitrogens is 1. The van der Waals surface area contributed by atoms with Gasteiger partial charge < -0.3 is 4.48 Å². The Hall–Kier alpha value is -0.0400. The Morgan fingerprint density at radius 1 is 1.22 bits per heavy atom. The smallest absolute Gasteiger partial charge is 0.0806 e. The highest BCUT2D eigenvalue weighted by Gasteiger charge is 2.10. The van der Waals surface area contributed by atoms with Crippen LogP contribution in [0.3, 0.4) is 0 Å². The van der Waals surface area contributed by atoms with Gasteiger partial charge in [-0.3, -0.25) is 0 Å². The SMILES string of the molecule is CC[C@@H](C)C[N+](C)(C)C. The topological polar surface area (TPSA) is 0 Å². The van der Waals surface area contributed by atoms with Gasteiger partial charge in [0.25, 0.3) is 0 Å². The summed E-state index contributed by atoms with van der Waals surface area (Å²) in [5.74, 6) is 0.866. The minimum atomic E-state index is 0.866. The fourth-order valence-electron chi connectivity index (χ4n) is 1.06. The first kappa shape index (κ1) is 8.96. The molecule has 0 heterocycles. The number of hydrogen-bond acceptors (Lipinski definition) is 0. The minimum Gasteiger partial charge on any atom is -0.331 e. The van der Waals surface area contributed by atoms with Gasteiger partial charge in [-0.1, -0.05) is 13.8 Å². The van der Waals surface area contributed by atoms with E-state index in [0.29, 0.717) is 0 Å². The van der Waals surface area contributed by atoms with E-state index < -0.39 is 0 Å². The zero-order valence-corrected chi connectivity index (χ0v) is 7.44. The summed E-state index contributed by atoms with van der Waals surface area (Å²) in [5, 5.41) is 0. The van der Waals surface area contributed by atoms with E-state index in [1.54, 1.807) is 0 Å². The minimum absolute atomic E-state index is 0.866. The van der Waals surface area contributed by atoms with Crippen LogP contribution in [0.4, 0.5) is 0 Å². The van der Waals surface area contributed by atoms with Crippen LogP contribution in [0.1, 0.15) is 20.3 Å². The van der Waals surface area contributed by atoms with Gasteiger partial charge in [-0.05, 0) is 6.42 Å². The van der Waals surface area contributed by atoms with Gasteiger partial charge >= 0.3 is 0 Å². The molecule has 0 fully saturated rings. The van der Waals surface area contributed by atoms with Crippen molar-refractivity contribution in [2.75, 3.05) is 27.7 Å². The van der Waals surface area contributed by atoms with E-state index in [1.807, 2.05) is 0 Å². The van der Waals surface area contributed by atoms with Gasteiger partial charge in [0.2, 0.25) is 0 Å². The molecular weight excluding hydrogens is 110 g/mol. The van der Waals surface area contributed by atoms with Crippen molar-refractivity contribution >= 4 is 0 Å². The van der Waals surface area contributed by atoms with E-state index in [9.17, 15) is 0 Å². The Balaban J connectivity index is 3.47. The zero-order chi connectivity index (χ0) is 7.49. The van der Waals surface area contributed by atoms with Gasteiger partial charge in [0.15, 0.2) is 0 Å². The predicted octanol–water partition coefficient (Wildman–Crippen LogP) is 1.74. The Labute approximate surface area is 59.3 Å². The molecule has 0 aliphatic heterocycles. The quantitative estimate of drug-likeness (QED) is 0.510. The first-order valence-electron chi connectivity index (χ1n) is 3.76. The number of nitrogens with zero attached hydrogens (tertiary/aromatic N) is 1. The molecule has 0 aromatic heterocycles. The first-order valence-corrected chi connectivity index (χ1v) is 3.76. The van der Waals surface area contributed by atoms with Crippen molar-refractivity contribution in [1.29, 1.82) is 0 Å². The van der Waals surface area contributed by atoms with E-state index in [2.05, 4.69) is 35.0 Å². The second-order valence-electron chi connectivity index (χ2n) is 3.99. The van der Waals surface area contributed by atoms with Crippen LogP contribution < -0.4 is 0 Å². The maximum Gasteiger partial charge on any atom is 0.0806 e. The molecule has 0 aromatic carbocycles. The van der Waals surface area contributed by atoms with E-state index in [0.717, 1.165) is 10.4 Å². The largest absolute Gasteiger partial charge is 0.331 e. The van der Waals surface area contributed by atoms with Gasteiger partial charge in [0.05, 0.1) is 27.7 Å². The molecule has 0 rings (SSSR count). The van der Waals surface area contributed by atoms with Crippen LogP contribution in [0.25, 0.3) is 0 Å². The standard InChI is InChI=1S/C8H20N/c1-6-8(2)7-9(3,4)5/h8H,6-7H2,1-5H3/q+1/t8-/m1/s1. The highest BCUT2D eigenvalue weighted by molar-refractivity contribution is 4.44. The molecule has 0 unspecified atom stereocenters. The maximum absolute atomic E-state index is 2.31. The Morgan fingerprint density at radius 3 is 1.78 bits per heavy atom. The van der Waals surface area contributed by atoms with Crippen LogP contribution in [-0.2, 0) is 0 Å².